The molecule has 0 saturated carbocycles. The van der Waals surface area contributed by atoms with Gasteiger partial charge in [-0.3, -0.25) is 0 Å². The van der Waals surface area contributed by atoms with E-state index in [1.807, 2.05) is 0 Å². The second-order valence-corrected chi connectivity index (χ2v) is 3.74. The molecule has 0 unspecified atom stereocenters. The maximum atomic E-state index is 12.6. The molecule has 0 aliphatic rings. The molecule has 1 aromatic rings. The van der Waals surface area contributed by atoms with Crippen LogP contribution in [0.5, 0.6) is 0 Å². The fourth-order valence-corrected chi connectivity index (χ4v) is 1.70. The number of nitro groups is 1. The van der Waals surface area contributed by atoms with Gasteiger partial charge in [0.05, 0.1) is 9.13 Å². The summed E-state index contributed by atoms with van der Waals surface area (Å²) in [5, 5.41) is 19.1. The van der Waals surface area contributed by atoms with Crippen LogP contribution in [-0.2, 0) is 0 Å². The number of carbonyl (C=O) groups is 1. The predicted octanol–water partition coefficient (Wildman–Crippen LogP) is 2.23. The van der Waals surface area contributed by atoms with Crippen LogP contribution in [0.1, 0.15) is 22.3 Å². The first-order valence-corrected chi connectivity index (χ1v) is 4.78. The first-order chi connectivity index (χ1) is 7.36. The van der Waals surface area contributed by atoms with E-state index in [4.69, 9.17) is 5.11 Å². The molecule has 0 amide bonds. The molecule has 16 heavy (non-hydrogen) atoms. The summed E-state index contributed by atoms with van der Waals surface area (Å²) >= 11 is 1.45. The monoisotopic (exact) mass is 344 g/mol. The zero-order valence-electron chi connectivity index (χ0n) is 7.35. The number of pyridine rings is 1. The smallest absolute Gasteiger partial charge is 0.378 e. The third kappa shape index (κ3) is 2.23. The maximum absolute atomic E-state index is 12.6. The lowest BCUT2D eigenvalue weighted by atomic mass is 10.1. The molecule has 6 nitrogen and oxygen atoms in total. The van der Waals surface area contributed by atoms with Crippen LogP contribution in [0, 0.1) is 13.7 Å². The number of hydrogen-bond donors (Lipinski definition) is 1. The molecular weight excluding hydrogens is 341 g/mol. The zero-order valence-corrected chi connectivity index (χ0v) is 9.51. The topological polar surface area (TPSA) is 93.3 Å². The minimum atomic E-state index is -3.11. The van der Waals surface area contributed by atoms with Crippen molar-refractivity contribution < 1.29 is 23.6 Å². The molecule has 0 aliphatic carbocycles. The highest BCUT2D eigenvalue weighted by Crippen LogP contribution is 2.31. The van der Waals surface area contributed by atoms with Gasteiger partial charge in [-0.05, 0) is 32.5 Å². The molecular formula is C7H3F2IN2O4. The molecule has 1 rings (SSSR count). The van der Waals surface area contributed by atoms with Crippen LogP contribution in [0.25, 0.3) is 0 Å². The van der Waals surface area contributed by atoms with E-state index < -0.39 is 34.3 Å². The minimum absolute atomic E-state index is 0.129. The standard InChI is InChI=1S/C7H3F2IN2O4/c8-5(9)3-2(10)1-11-6(12(15)16)4(3)7(13)14/h1,5H,(H,13,14). The maximum Gasteiger partial charge on any atom is 0.378 e. The van der Waals surface area contributed by atoms with Crippen LogP contribution in [0.3, 0.4) is 0 Å². The van der Waals surface area contributed by atoms with Gasteiger partial charge in [0.25, 0.3) is 6.43 Å². The third-order valence-electron chi connectivity index (χ3n) is 1.66. The number of aromatic carboxylic acids is 1. The summed E-state index contributed by atoms with van der Waals surface area (Å²) in [4.78, 5) is 23.3. The number of carboxylic acids is 1. The predicted molar refractivity (Wildman–Crippen MR) is 55.5 cm³/mol. The highest BCUT2D eigenvalue weighted by atomic mass is 127. The summed E-state index contributed by atoms with van der Waals surface area (Å²) in [5.41, 5.74) is -1.94. The first kappa shape index (κ1) is 12.7. The Morgan fingerprint density at radius 3 is 2.56 bits per heavy atom. The van der Waals surface area contributed by atoms with Crippen LogP contribution in [0.2, 0.25) is 0 Å². The largest absolute Gasteiger partial charge is 0.477 e. The van der Waals surface area contributed by atoms with E-state index in [-0.39, 0.29) is 3.57 Å². The lowest BCUT2D eigenvalue weighted by Gasteiger charge is -2.06. The van der Waals surface area contributed by atoms with Gasteiger partial charge in [0, 0.05) is 0 Å². The Morgan fingerprint density at radius 2 is 2.19 bits per heavy atom. The molecule has 1 aromatic heterocycles. The normalized spacial score (nSPS) is 10.5. The van der Waals surface area contributed by atoms with Crippen LogP contribution in [0.4, 0.5) is 14.6 Å². The first-order valence-electron chi connectivity index (χ1n) is 3.70. The van der Waals surface area contributed by atoms with Crippen molar-refractivity contribution in [2.45, 2.75) is 6.43 Å². The van der Waals surface area contributed by atoms with Gasteiger partial charge >= 0.3 is 11.8 Å². The number of hydrogen-bond acceptors (Lipinski definition) is 4. The molecule has 0 aliphatic heterocycles. The van der Waals surface area contributed by atoms with Crippen molar-refractivity contribution in [3.8, 4) is 0 Å². The highest BCUT2D eigenvalue weighted by Gasteiger charge is 2.31. The van der Waals surface area contributed by atoms with Crippen LogP contribution < -0.4 is 0 Å². The quantitative estimate of drug-likeness (QED) is 0.516. The molecule has 0 spiro atoms. The summed E-state index contributed by atoms with van der Waals surface area (Å²) in [6.45, 7) is 0. The van der Waals surface area contributed by atoms with E-state index in [0.717, 1.165) is 6.20 Å². The van der Waals surface area contributed by atoms with Gasteiger partial charge in [0.15, 0.2) is 11.8 Å². The number of halogens is 3. The highest BCUT2D eigenvalue weighted by molar-refractivity contribution is 14.1. The van der Waals surface area contributed by atoms with E-state index in [1.54, 1.807) is 0 Å². The summed E-state index contributed by atoms with van der Waals surface area (Å²) < 4.78 is 25.0. The average molecular weight is 344 g/mol. The van der Waals surface area contributed by atoms with Crippen molar-refractivity contribution in [3.63, 3.8) is 0 Å². The van der Waals surface area contributed by atoms with Gasteiger partial charge in [0.1, 0.15) is 0 Å². The summed E-state index contributed by atoms with van der Waals surface area (Å²) in [6, 6.07) is 0. The summed E-state index contributed by atoms with van der Waals surface area (Å²) in [7, 11) is 0. The van der Waals surface area contributed by atoms with Gasteiger partial charge < -0.3 is 15.2 Å². The molecule has 9 heteroatoms. The number of rotatable bonds is 3. The zero-order chi connectivity index (χ0) is 12.5. The molecule has 0 radical (unpaired) electrons. The van der Waals surface area contributed by atoms with Gasteiger partial charge in [-0.1, -0.05) is 0 Å². The molecule has 0 bridgehead atoms. The van der Waals surface area contributed by atoms with Crippen LogP contribution in [0.15, 0.2) is 6.20 Å². The van der Waals surface area contributed by atoms with E-state index >= 15 is 0 Å². The van der Waals surface area contributed by atoms with Crippen molar-refractivity contribution in [1.29, 1.82) is 0 Å². The summed E-state index contributed by atoms with van der Waals surface area (Å²) in [5.74, 6) is -2.88. The molecule has 0 saturated heterocycles. The van der Waals surface area contributed by atoms with Crippen molar-refractivity contribution in [3.05, 3.63) is 31.0 Å². The third-order valence-corrected chi connectivity index (χ3v) is 2.52. The summed E-state index contributed by atoms with van der Waals surface area (Å²) in [6.07, 6.45) is -2.27. The SMILES string of the molecule is O=C(O)c1c([N+](=O)[O-])ncc(I)c1C(F)F. The Kier molecular flexibility index (Phi) is 3.67. The minimum Gasteiger partial charge on any atom is -0.477 e. The Balaban J connectivity index is 3.63. The van der Waals surface area contributed by atoms with Crippen molar-refractivity contribution in [2.24, 2.45) is 0 Å². The van der Waals surface area contributed by atoms with Crippen LogP contribution in [-0.4, -0.2) is 21.0 Å². The van der Waals surface area contributed by atoms with E-state index in [9.17, 15) is 23.7 Å². The number of nitrogens with zero attached hydrogens (tertiary/aromatic N) is 2. The van der Waals surface area contributed by atoms with Gasteiger partial charge in [-0.15, -0.1) is 0 Å². The Morgan fingerprint density at radius 1 is 1.62 bits per heavy atom. The number of carboxylic acid groups (broad SMARTS) is 1. The van der Waals surface area contributed by atoms with Crippen LogP contribution >= 0.6 is 22.6 Å². The van der Waals surface area contributed by atoms with Crippen molar-refractivity contribution in [1.82, 2.24) is 4.98 Å². The average Bonchev–Trinajstić information content (AvgIpc) is 2.15. The van der Waals surface area contributed by atoms with Crippen molar-refractivity contribution in [2.75, 3.05) is 0 Å². The second-order valence-electron chi connectivity index (χ2n) is 2.58. The Hall–Kier alpha value is -1.39. The van der Waals surface area contributed by atoms with Gasteiger partial charge in [-0.2, -0.15) is 0 Å². The fraction of sp³-hybridized carbons (Fsp3) is 0.143. The molecule has 1 heterocycles. The van der Waals surface area contributed by atoms with E-state index in [0.29, 0.717) is 0 Å². The molecule has 0 aromatic carbocycles. The Bertz CT molecular complexity index is 466. The molecule has 0 fully saturated rings. The number of aromatic nitrogens is 1. The molecule has 86 valence electrons. The second kappa shape index (κ2) is 4.63. The number of alkyl halides is 2. The lowest BCUT2D eigenvalue weighted by molar-refractivity contribution is -0.390. The van der Waals surface area contributed by atoms with E-state index in [2.05, 4.69) is 4.98 Å². The van der Waals surface area contributed by atoms with Gasteiger partial charge in [-0.25, -0.2) is 13.6 Å². The Labute approximate surface area is 101 Å². The van der Waals surface area contributed by atoms with Gasteiger partial charge in [0.2, 0.25) is 0 Å². The molecule has 1 N–H and O–H groups in total. The van der Waals surface area contributed by atoms with Crippen molar-refractivity contribution >= 4 is 34.4 Å². The fourth-order valence-electron chi connectivity index (χ4n) is 1.05. The molecule has 0 atom stereocenters. The lowest BCUT2D eigenvalue weighted by Crippen LogP contribution is -2.11. The van der Waals surface area contributed by atoms with E-state index in [1.165, 1.54) is 22.6 Å².